The number of benzene rings is 2. The first-order chi connectivity index (χ1) is 9.92. The number of hydrogen-bond donors (Lipinski definition) is 1. The van der Waals surface area contributed by atoms with E-state index in [2.05, 4.69) is 15.9 Å². The van der Waals surface area contributed by atoms with E-state index >= 15 is 0 Å². The second-order valence-electron chi connectivity index (χ2n) is 4.06. The van der Waals surface area contributed by atoms with Gasteiger partial charge in [0, 0.05) is 18.7 Å². The Balaban J connectivity index is 2.43. The number of halogens is 3. The van der Waals surface area contributed by atoms with Gasteiger partial charge < -0.3 is 10.5 Å². The summed E-state index contributed by atoms with van der Waals surface area (Å²) in [6.07, 6.45) is 0. The number of hydrogen-bond acceptors (Lipinski definition) is 4. The van der Waals surface area contributed by atoms with Crippen LogP contribution >= 0.6 is 39.1 Å². The van der Waals surface area contributed by atoms with Crippen molar-refractivity contribution in [3.05, 3.63) is 60.5 Å². The lowest BCUT2D eigenvalue weighted by atomic mass is 10.2. The smallest absolute Gasteiger partial charge is 0.313 e. The topological polar surface area (TPSA) is 78.4 Å². The van der Waals surface area contributed by atoms with Crippen LogP contribution in [0.25, 0.3) is 0 Å². The number of nitrogens with two attached hydrogens (primary N) is 1. The standard InChI is InChI=1S/C13H9BrCl2N2O3/c14-8-3-7(6-17)1-2-12(8)21-13-5-10(16)9(15)4-11(13)18(19)20/h1-5H,6,17H2. The maximum atomic E-state index is 11.1. The summed E-state index contributed by atoms with van der Waals surface area (Å²) in [6, 6.07) is 7.67. The van der Waals surface area contributed by atoms with Gasteiger partial charge >= 0.3 is 5.69 Å². The highest BCUT2D eigenvalue weighted by atomic mass is 79.9. The molecule has 0 unspecified atom stereocenters. The minimum Gasteiger partial charge on any atom is -0.449 e. The molecule has 0 atom stereocenters. The van der Waals surface area contributed by atoms with Gasteiger partial charge in [0.25, 0.3) is 0 Å². The van der Waals surface area contributed by atoms with Crippen molar-refractivity contribution in [2.24, 2.45) is 5.73 Å². The van der Waals surface area contributed by atoms with E-state index in [0.717, 1.165) is 11.6 Å². The van der Waals surface area contributed by atoms with Crippen LogP contribution in [0.2, 0.25) is 10.0 Å². The van der Waals surface area contributed by atoms with Crippen LogP contribution in [0, 0.1) is 10.1 Å². The predicted octanol–water partition coefficient (Wildman–Crippen LogP) is 4.92. The summed E-state index contributed by atoms with van der Waals surface area (Å²) in [4.78, 5) is 10.5. The van der Waals surface area contributed by atoms with Crippen LogP contribution in [0.4, 0.5) is 5.69 Å². The van der Waals surface area contributed by atoms with E-state index in [0.29, 0.717) is 16.8 Å². The van der Waals surface area contributed by atoms with Crippen molar-refractivity contribution >= 4 is 44.8 Å². The zero-order valence-corrected chi connectivity index (χ0v) is 13.6. The molecule has 2 rings (SSSR count). The van der Waals surface area contributed by atoms with Gasteiger partial charge in [-0.2, -0.15) is 0 Å². The number of nitrogens with zero attached hydrogens (tertiary/aromatic N) is 1. The average molecular weight is 392 g/mol. The average Bonchev–Trinajstić information content (AvgIpc) is 2.44. The normalized spacial score (nSPS) is 10.5. The molecule has 110 valence electrons. The van der Waals surface area contributed by atoms with Crippen molar-refractivity contribution < 1.29 is 9.66 Å². The van der Waals surface area contributed by atoms with Gasteiger partial charge in [0.2, 0.25) is 5.75 Å². The molecule has 0 heterocycles. The lowest BCUT2D eigenvalue weighted by Crippen LogP contribution is -1.97. The van der Waals surface area contributed by atoms with Gasteiger partial charge in [0.05, 0.1) is 19.4 Å². The Labute approximate surface area is 138 Å². The van der Waals surface area contributed by atoms with Gasteiger partial charge in [-0.05, 0) is 33.6 Å². The van der Waals surface area contributed by atoms with Crippen molar-refractivity contribution in [3.63, 3.8) is 0 Å². The van der Waals surface area contributed by atoms with E-state index in [1.165, 1.54) is 6.07 Å². The second-order valence-corrected chi connectivity index (χ2v) is 5.73. The van der Waals surface area contributed by atoms with E-state index in [4.69, 9.17) is 33.7 Å². The zero-order valence-electron chi connectivity index (χ0n) is 10.5. The third-order valence-electron chi connectivity index (χ3n) is 2.65. The summed E-state index contributed by atoms with van der Waals surface area (Å²) >= 11 is 15.0. The zero-order chi connectivity index (χ0) is 15.6. The van der Waals surface area contributed by atoms with Gasteiger partial charge in [0.1, 0.15) is 5.75 Å². The molecule has 0 radical (unpaired) electrons. The first-order valence-electron chi connectivity index (χ1n) is 5.72. The Bertz CT molecular complexity index is 710. The van der Waals surface area contributed by atoms with Crippen molar-refractivity contribution in [2.45, 2.75) is 6.54 Å². The molecule has 5 nitrogen and oxygen atoms in total. The predicted molar refractivity (Wildman–Crippen MR) is 85.2 cm³/mol. The van der Waals surface area contributed by atoms with Crippen LogP contribution in [0.15, 0.2) is 34.8 Å². The molecule has 0 saturated carbocycles. The molecule has 21 heavy (non-hydrogen) atoms. The first-order valence-corrected chi connectivity index (χ1v) is 7.27. The van der Waals surface area contributed by atoms with Crippen LogP contribution < -0.4 is 10.5 Å². The lowest BCUT2D eigenvalue weighted by Gasteiger charge is -2.10. The number of nitro benzene ring substituents is 1. The molecule has 0 fully saturated rings. The summed E-state index contributed by atoms with van der Waals surface area (Å²) in [7, 11) is 0. The summed E-state index contributed by atoms with van der Waals surface area (Å²) in [5.74, 6) is 0.421. The number of nitro groups is 1. The maximum Gasteiger partial charge on any atom is 0.313 e. The minimum atomic E-state index is -0.584. The first kappa shape index (κ1) is 16.0. The van der Waals surface area contributed by atoms with Crippen molar-refractivity contribution in [1.29, 1.82) is 0 Å². The minimum absolute atomic E-state index is 0.00981. The van der Waals surface area contributed by atoms with Crippen molar-refractivity contribution in [3.8, 4) is 11.5 Å². The number of rotatable bonds is 4. The third kappa shape index (κ3) is 3.65. The van der Waals surface area contributed by atoms with Crippen LogP contribution in [-0.4, -0.2) is 4.92 Å². The second kappa shape index (κ2) is 6.62. The molecule has 8 heteroatoms. The lowest BCUT2D eigenvalue weighted by molar-refractivity contribution is -0.385. The van der Waals surface area contributed by atoms with Gasteiger partial charge in [-0.1, -0.05) is 29.3 Å². The molecule has 0 amide bonds. The van der Waals surface area contributed by atoms with E-state index in [9.17, 15) is 10.1 Å². The molecule has 0 aliphatic carbocycles. The van der Waals surface area contributed by atoms with Crippen LogP contribution in [0.5, 0.6) is 11.5 Å². The molecule has 0 aromatic heterocycles. The van der Waals surface area contributed by atoms with E-state index < -0.39 is 4.92 Å². The SMILES string of the molecule is NCc1ccc(Oc2cc(Cl)c(Cl)cc2[N+](=O)[O-])c(Br)c1. The molecule has 2 N–H and O–H groups in total. The summed E-state index contributed by atoms with van der Waals surface area (Å²) in [5.41, 5.74) is 6.17. The Morgan fingerprint density at radius 1 is 1.19 bits per heavy atom. The molecule has 0 bridgehead atoms. The molecule has 2 aromatic rings. The molecular formula is C13H9BrCl2N2O3. The quantitative estimate of drug-likeness (QED) is 0.592. The fourth-order valence-corrected chi connectivity index (χ4v) is 2.43. The molecule has 0 aliphatic heterocycles. The highest BCUT2D eigenvalue weighted by Gasteiger charge is 2.20. The highest BCUT2D eigenvalue weighted by molar-refractivity contribution is 9.10. The monoisotopic (exact) mass is 390 g/mol. The van der Waals surface area contributed by atoms with Crippen molar-refractivity contribution in [1.82, 2.24) is 0 Å². The van der Waals surface area contributed by atoms with Gasteiger partial charge in [0.15, 0.2) is 0 Å². The van der Waals surface area contributed by atoms with E-state index in [1.807, 2.05) is 0 Å². The fourth-order valence-electron chi connectivity index (χ4n) is 1.62. The molecule has 0 spiro atoms. The Kier molecular flexibility index (Phi) is 5.05. The highest BCUT2D eigenvalue weighted by Crippen LogP contribution is 2.39. The third-order valence-corrected chi connectivity index (χ3v) is 3.99. The summed E-state index contributed by atoms with van der Waals surface area (Å²) < 4.78 is 6.19. The van der Waals surface area contributed by atoms with Gasteiger partial charge in [-0.3, -0.25) is 10.1 Å². The van der Waals surface area contributed by atoms with Gasteiger partial charge in [-0.15, -0.1) is 0 Å². The van der Waals surface area contributed by atoms with E-state index in [-0.39, 0.29) is 21.5 Å². The van der Waals surface area contributed by atoms with Crippen LogP contribution in [0.3, 0.4) is 0 Å². The summed E-state index contributed by atoms with van der Waals surface area (Å²) in [6.45, 7) is 0.381. The Morgan fingerprint density at radius 3 is 2.43 bits per heavy atom. The molecule has 2 aromatic carbocycles. The molecule has 0 saturated heterocycles. The number of ether oxygens (including phenoxy) is 1. The summed E-state index contributed by atoms with van der Waals surface area (Å²) in [5, 5.41) is 11.3. The largest absolute Gasteiger partial charge is 0.449 e. The van der Waals surface area contributed by atoms with Crippen LogP contribution in [0.1, 0.15) is 5.56 Å². The van der Waals surface area contributed by atoms with Gasteiger partial charge in [-0.25, -0.2) is 0 Å². The Morgan fingerprint density at radius 2 is 1.86 bits per heavy atom. The molecular weight excluding hydrogens is 383 g/mol. The fraction of sp³-hybridized carbons (Fsp3) is 0.0769. The van der Waals surface area contributed by atoms with Crippen LogP contribution in [-0.2, 0) is 6.54 Å². The van der Waals surface area contributed by atoms with E-state index in [1.54, 1.807) is 18.2 Å². The maximum absolute atomic E-state index is 11.1. The van der Waals surface area contributed by atoms with Crippen molar-refractivity contribution in [2.75, 3.05) is 0 Å². The molecule has 0 aliphatic rings. The Hall–Kier alpha value is -1.34.